The molecule has 0 N–H and O–H groups in total. The van der Waals surface area contributed by atoms with Crippen molar-refractivity contribution in [1.29, 1.82) is 0 Å². The van der Waals surface area contributed by atoms with E-state index in [1.807, 2.05) is 6.07 Å². The van der Waals surface area contributed by atoms with Crippen LogP contribution in [0.25, 0.3) is 0 Å². The van der Waals surface area contributed by atoms with Crippen LogP contribution in [-0.4, -0.2) is 12.9 Å². The molecule has 132 valence electrons. The minimum atomic E-state index is 0.214. The van der Waals surface area contributed by atoms with E-state index in [2.05, 4.69) is 58.0 Å². The number of hydrogen-bond donors (Lipinski definition) is 0. The molecule has 2 nitrogen and oxygen atoms in total. The lowest BCUT2D eigenvalue weighted by molar-refractivity contribution is -0.104. The van der Waals surface area contributed by atoms with Crippen LogP contribution in [0.5, 0.6) is 0 Å². The average molecular weight is 328 g/mol. The van der Waals surface area contributed by atoms with Gasteiger partial charge in [0.05, 0.1) is 13.2 Å². The summed E-state index contributed by atoms with van der Waals surface area (Å²) in [5.41, 5.74) is 1.43. The normalized spacial score (nSPS) is 26.8. The van der Waals surface area contributed by atoms with E-state index in [9.17, 15) is 4.79 Å². The topological polar surface area (TPSA) is 26.3 Å². The first-order chi connectivity index (χ1) is 11.5. The Kier molecular flexibility index (Phi) is 6.79. The molecule has 0 saturated heterocycles. The molecule has 0 unspecified atom stereocenters. The van der Waals surface area contributed by atoms with Crippen molar-refractivity contribution < 1.29 is 9.53 Å². The van der Waals surface area contributed by atoms with Gasteiger partial charge in [-0.15, -0.1) is 0 Å². The Labute approximate surface area is 147 Å². The third-order valence-corrected chi connectivity index (χ3v) is 5.71. The molecule has 1 aliphatic carbocycles. The van der Waals surface area contributed by atoms with Crippen LogP contribution in [0.1, 0.15) is 46.1 Å². The predicted molar refractivity (Wildman–Crippen MR) is 99.6 cm³/mol. The summed E-state index contributed by atoms with van der Waals surface area (Å²) in [7, 11) is 0. The van der Waals surface area contributed by atoms with Gasteiger partial charge in [-0.2, -0.15) is 0 Å². The second kappa shape index (κ2) is 8.62. The number of carbonyl (C=O) groups is 1. The standard InChI is InChI=1S/C22H32O2/c1-17(2)19-12-13-22(3,4)21(11-8-14-23)20(19)16-24-15-18-9-6-5-7-10-18/h5-11,14,17,19-21H,12-13,15-16H2,1-4H3/b11-8+/t19-,20-,21+/m0/s1. The first kappa shape index (κ1) is 18.9. The molecular formula is C22H32O2. The van der Waals surface area contributed by atoms with Crippen molar-refractivity contribution in [1.82, 2.24) is 0 Å². The van der Waals surface area contributed by atoms with E-state index >= 15 is 0 Å². The summed E-state index contributed by atoms with van der Waals surface area (Å²) >= 11 is 0. The Hall–Kier alpha value is -1.41. The second-order valence-electron chi connectivity index (χ2n) is 8.15. The van der Waals surface area contributed by atoms with Crippen molar-refractivity contribution in [2.45, 2.75) is 47.1 Å². The van der Waals surface area contributed by atoms with E-state index in [-0.39, 0.29) is 5.41 Å². The molecular weight excluding hydrogens is 296 g/mol. The SMILES string of the molecule is CC(C)[C@@H]1CCC(C)(C)[C@H](/C=C/C=O)[C@H]1COCc1ccccc1. The molecule has 0 amide bonds. The summed E-state index contributed by atoms with van der Waals surface area (Å²) in [6.07, 6.45) is 7.16. The molecule has 1 aliphatic rings. The maximum absolute atomic E-state index is 10.9. The minimum absolute atomic E-state index is 0.214. The smallest absolute Gasteiger partial charge is 0.142 e. The number of hydrogen-bond acceptors (Lipinski definition) is 2. The van der Waals surface area contributed by atoms with Gasteiger partial charge in [0.2, 0.25) is 0 Å². The number of carbonyl (C=O) groups excluding carboxylic acids is 1. The molecule has 2 rings (SSSR count). The Morgan fingerprint density at radius 1 is 1.25 bits per heavy atom. The van der Waals surface area contributed by atoms with Crippen LogP contribution in [0.2, 0.25) is 0 Å². The van der Waals surface area contributed by atoms with E-state index < -0.39 is 0 Å². The maximum Gasteiger partial charge on any atom is 0.142 e. The van der Waals surface area contributed by atoms with E-state index in [4.69, 9.17) is 4.74 Å². The van der Waals surface area contributed by atoms with Gasteiger partial charge in [-0.25, -0.2) is 0 Å². The number of ether oxygens (including phenoxy) is 1. The van der Waals surface area contributed by atoms with Gasteiger partial charge >= 0.3 is 0 Å². The molecule has 0 radical (unpaired) electrons. The van der Waals surface area contributed by atoms with E-state index in [0.29, 0.717) is 30.3 Å². The first-order valence-electron chi connectivity index (χ1n) is 9.19. The first-order valence-corrected chi connectivity index (χ1v) is 9.19. The highest BCUT2D eigenvalue weighted by molar-refractivity contribution is 5.64. The van der Waals surface area contributed by atoms with Gasteiger partial charge in [-0.3, -0.25) is 4.79 Å². The summed E-state index contributed by atoms with van der Waals surface area (Å²) in [5, 5.41) is 0. The molecule has 0 aromatic heterocycles. The number of aldehydes is 1. The van der Waals surface area contributed by atoms with Gasteiger partial charge in [0.15, 0.2) is 0 Å². The fourth-order valence-electron chi connectivity index (χ4n) is 4.28. The molecule has 1 aromatic carbocycles. The molecule has 0 heterocycles. The Morgan fingerprint density at radius 2 is 1.96 bits per heavy atom. The number of rotatable bonds is 7. The maximum atomic E-state index is 10.9. The summed E-state index contributed by atoms with van der Waals surface area (Å²) < 4.78 is 6.12. The highest BCUT2D eigenvalue weighted by Crippen LogP contribution is 2.49. The van der Waals surface area contributed by atoms with Crippen LogP contribution in [0.4, 0.5) is 0 Å². The second-order valence-corrected chi connectivity index (χ2v) is 8.15. The van der Waals surface area contributed by atoms with Crippen molar-refractivity contribution in [3.8, 4) is 0 Å². The fourth-order valence-corrected chi connectivity index (χ4v) is 4.28. The molecule has 1 saturated carbocycles. The van der Waals surface area contributed by atoms with Crippen LogP contribution >= 0.6 is 0 Å². The van der Waals surface area contributed by atoms with Crippen LogP contribution in [0.3, 0.4) is 0 Å². The Morgan fingerprint density at radius 3 is 2.58 bits per heavy atom. The highest BCUT2D eigenvalue weighted by Gasteiger charge is 2.43. The lowest BCUT2D eigenvalue weighted by Gasteiger charge is -2.48. The lowest BCUT2D eigenvalue weighted by atomic mass is 9.58. The van der Waals surface area contributed by atoms with Gasteiger partial charge < -0.3 is 4.74 Å². The third kappa shape index (κ3) is 4.80. The van der Waals surface area contributed by atoms with Crippen LogP contribution in [0, 0.1) is 29.1 Å². The monoisotopic (exact) mass is 328 g/mol. The zero-order valence-electron chi connectivity index (χ0n) is 15.6. The zero-order chi connectivity index (χ0) is 17.6. The average Bonchev–Trinajstić information content (AvgIpc) is 2.54. The van der Waals surface area contributed by atoms with Gasteiger partial charge in [0.1, 0.15) is 6.29 Å². The molecule has 24 heavy (non-hydrogen) atoms. The molecule has 1 fully saturated rings. The molecule has 3 atom stereocenters. The Balaban J connectivity index is 2.11. The van der Waals surface area contributed by atoms with Crippen LogP contribution in [-0.2, 0) is 16.1 Å². The van der Waals surface area contributed by atoms with Crippen LogP contribution in [0.15, 0.2) is 42.5 Å². The van der Waals surface area contributed by atoms with Gasteiger partial charge in [0.25, 0.3) is 0 Å². The summed E-state index contributed by atoms with van der Waals surface area (Å²) in [4.78, 5) is 10.9. The molecule has 0 aliphatic heterocycles. The van der Waals surface area contributed by atoms with Crippen molar-refractivity contribution in [3.05, 3.63) is 48.0 Å². The van der Waals surface area contributed by atoms with Crippen molar-refractivity contribution in [2.24, 2.45) is 29.1 Å². The molecule has 1 aromatic rings. The van der Waals surface area contributed by atoms with E-state index in [1.54, 1.807) is 6.08 Å². The quantitative estimate of drug-likeness (QED) is 0.502. The van der Waals surface area contributed by atoms with Gasteiger partial charge in [-0.1, -0.05) is 64.1 Å². The minimum Gasteiger partial charge on any atom is -0.376 e. The molecule has 2 heteroatoms. The number of allylic oxidation sites excluding steroid dienone is 2. The summed E-state index contributed by atoms with van der Waals surface area (Å²) in [6.45, 7) is 10.7. The van der Waals surface area contributed by atoms with Crippen molar-refractivity contribution in [2.75, 3.05) is 6.61 Å². The number of benzene rings is 1. The van der Waals surface area contributed by atoms with Gasteiger partial charge in [-0.05, 0) is 53.6 Å². The highest BCUT2D eigenvalue weighted by atomic mass is 16.5. The lowest BCUT2D eigenvalue weighted by Crippen LogP contribution is -2.43. The Bertz CT molecular complexity index is 530. The third-order valence-electron chi connectivity index (χ3n) is 5.71. The van der Waals surface area contributed by atoms with Crippen molar-refractivity contribution in [3.63, 3.8) is 0 Å². The fraction of sp³-hybridized carbons (Fsp3) is 0.591. The van der Waals surface area contributed by atoms with E-state index in [0.717, 1.165) is 12.9 Å². The summed E-state index contributed by atoms with van der Waals surface area (Å²) in [6, 6.07) is 10.3. The zero-order valence-corrected chi connectivity index (χ0v) is 15.6. The molecule has 0 spiro atoms. The summed E-state index contributed by atoms with van der Waals surface area (Å²) in [5.74, 6) is 2.14. The molecule has 0 bridgehead atoms. The van der Waals surface area contributed by atoms with E-state index in [1.165, 1.54) is 18.4 Å². The predicted octanol–water partition coefficient (Wildman–Crippen LogP) is 5.28. The largest absolute Gasteiger partial charge is 0.376 e. The van der Waals surface area contributed by atoms with Crippen LogP contribution < -0.4 is 0 Å². The van der Waals surface area contributed by atoms with Crippen molar-refractivity contribution >= 4 is 6.29 Å². The van der Waals surface area contributed by atoms with Gasteiger partial charge in [0, 0.05) is 0 Å².